The molecule has 0 aliphatic carbocycles. The molecule has 0 radical (unpaired) electrons. The Balaban J connectivity index is 2.41. The molecule has 0 atom stereocenters. The largest absolute Gasteiger partial charge is 0.299 e. The van der Waals surface area contributed by atoms with Crippen molar-refractivity contribution >= 4 is 17.9 Å². The van der Waals surface area contributed by atoms with Gasteiger partial charge in [0.1, 0.15) is 12.1 Å². The van der Waals surface area contributed by atoms with Crippen LogP contribution in [0.15, 0.2) is 42.5 Å². The van der Waals surface area contributed by atoms with Gasteiger partial charge in [-0.25, -0.2) is 8.91 Å². The highest BCUT2D eigenvalue weighted by molar-refractivity contribution is 5.84. The molecule has 2 heterocycles. The number of fused-ring (bicyclic) bond motifs is 1. The topological polar surface area (TPSA) is 34.4 Å². The molecule has 0 spiro atoms. The number of aldehydes is 1. The van der Waals surface area contributed by atoms with Gasteiger partial charge in [0, 0.05) is 16.8 Å². The summed E-state index contributed by atoms with van der Waals surface area (Å²) in [6, 6.07) is 10.3. The van der Waals surface area contributed by atoms with Gasteiger partial charge in [0.05, 0.1) is 11.2 Å². The number of hydrogen-bond donors (Lipinski definition) is 0. The average Bonchev–Trinajstić information content (AvgIpc) is 2.93. The van der Waals surface area contributed by atoms with E-state index in [1.165, 1.54) is 18.2 Å². The minimum Gasteiger partial charge on any atom is -0.299 e. The molecule has 1 aromatic carbocycles. The smallest absolute Gasteiger partial charge is 0.142 e. The van der Waals surface area contributed by atoms with E-state index in [1.807, 2.05) is 23.6 Å². The van der Waals surface area contributed by atoms with Crippen molar-refractivity contribution < 1.29 is 9.18 Å². The summed E-state index contributed by atoms with van der Waals surface area (Å²) in [5.74, 6) is -0.0404. The summed E-state index contributed by atoms with van der Waals surface area (Å²) in [5.41, 5.74) is 5.63. The first-order valence-corrected chi connectivity index (χ1v) is 7.93. The Labute approximate surface area is 140 Å². The van der Waals surface area contributed by atoms with Crippen molar-refractivity contribution in [1.82, 2.24) is 9.61 Å². The Morgan fingerprint density at radius 2 is 1.83 bits per heavy atom. The van der Waals surface area contributed by atoms with E-state index in [4.69, 9.17) is 5.10 Å². The van der Waals surface area contributed by atoms with Gasteiger partial charge < -0.3 is 0 Å². The lowest BCUT2D eigenvalue weighted by Crippen LogP contribution is -2.06. The lowest BCUT2D eigenvalue weighted by molar-refractivity contribution is -0.104. The van der Waals surface area contributed by atoms with E-state index in [2.05, 4.69) is 13.8 Å². The van der Waals surface area contributed by atoms with Crippen LogP contribution < -0.4 is 0 Å². The van der Waals surface area contributed by atoms with Crippen LogP contribution in [0.3, 0.4) is 0 Å². The maximum atomic E-state index is 13.3. The predicted octanol–water partition coefficient (Wildman–Crippen LogP) is 4.78. The summed E-state index contributed by atoms with van der Waals surface area (Å²) in [6.45, 7) is 6.23. The Morgan fingerprint density at radius 1 is 1.12 bits per heavy atom. The summed E-state index contributed by atoms with van der Waals surface area (Å²) < 4.78 is 15.2. The summed E-state index contributed by atoms with van der Waals surface area (Å²) in [6.07, 6.45) is 4.02. The van der Waals surface area contributed by atoms with E-state index in [-0.39, 0.29) is 11.7 Å². The minimum atomic E-state index is -0.286. The fourth-order valence-electron chi connectivity index (χ4n) is 3.02. The van der Waals surface area contributed by atoms with Crippen molar-refractivity contribution in [2.75, 3.05) is 0 Å². The number of aryl methyl sites for hydroxylation is 1. The molecular weight excluding hydrogens is 303 g/mol. The zero-order valence-corrected chi connectivity index (χ0v) is 14.0. The molecule has 2 aromatic heterocycles. The van der Waals surface area contributed by atoms with Crippen molar-refractivity contribution in [3.8, 4) is 11.3 Å². The van der Waals surface area contributed by atoms with Gasteiger partial charge in [0.25, 0.3) is 0 Å². The van der Waals surface area contributed by atoms with Crippen LogP contribution in [0.5, 0.6) is 0 Å². The van der Waals surface area contributed by atoms with Crippen molar-refractivity contribution in [1.29, 1.82) is 0 Å². The van der Waals surface area contributed by atoms with Crippen molar-refractivity contribution in [2.45, 2.75) is 26.7 Å². The lowest BCUT2D eigenvalue weighted by atomic mass is 9.93. The fraction of sp³-hybridized carbons (Fsp3) is 0.200. The zero-order chi connectivity index (χ0) is 17.3. The molecule has 0 unspecified atom stereocenters. The van der Waals surface area contributed by atoms with Gasteiger partial charge in [0.15, 0.2) is 0 Å². The number of carbonyl (C=O) groups is 1. The highest BCUT2D eigenvalue weighted by Crippen LogP contribution is 2.33. The number of rotatable bonds is 4. The third kappa shape index (κ3) is 2.75. The van der Waals surface area contributed by atoms with Gasteiger partial charge in [-0.15, -0.1) is 0 Å². The highest BCUT2D eigenvalue weighted by atomic mass is 19.1. The second-order valence-electron chi connectivity index (χ2n) is 6.10. The monoisotopic (exact) mass is 322 g/mol. The number of carbonyl (C=O) groups excluding carboxylic acids is 1. The molecule has 3 aromatic rings. The SMILES string of the molecule is Cc1ccc2c(C(C)C)c(/C=C/C=O)c(-c3ccc(F)cc3)nn12. The Morgan fingerprint density at radius 3 is 2.46 bits per heavy atom. The molecule has 0 fully saturated rings. The zero-order valence-electron chi connectivity index (χ0n) is 14.0. The van der Waals surface area contributed by atoms with E-state index in [0.717, 1.165) is 39.9 Å². The first kappa shape index (κ1) is 16.1. The standard InChI is InChI=1S/C20H19FN2O/c1-13(2)19-17(5-4-12-24)20(15-7-9-16(21)10-8-15)22-23-14(3)6-11-18(19)23/h4-13H,1-3H3/b5-4+. The van der Waals surface area contributed by atoms with Crippen LogP contribution in [0.1, 0.15) is 36.6 Å². The number of benzene rings is 1. The average molecular weight is 322 g/mol. The molecule has 122 valence electrons. The summed E-state index contributed by atoms with van der Waals surface area (Å²) in [5, 5.41) is 4.76. The first-order valence-electron chi connectivity index (χ1n) is 7.93. The molecule has 4 heteroatoms. The third-order valence-electron chi connectivity index (χ3n) is 4.10. The van der Waals surface area contributed by atoms with Gasteiger partial charge in [0.2, 0.25) is 0 Å². The molecule has 0 saturated heterocycles. The van der Waals surface area contributed by atoms with E-state index in [9.17, 15) is 9.18 Å². The van der Waals surface area contributed by atoms with E-state index >= 15 is 0 Å². The number of allylic oxidation sites excluding steroid dienone is 1. The van der Waals surface area contributed by atoms with Gasteiger partial charge in [-0.1, -0.05) is 13.8 Å². The van der Waals surface area contributed by atoms with Gasteiger partial charge in [-0.3, -0.25) is 4.79 Å². The third-order valence-corrected chi connectivity index (χ3v) is 4.10. The van der Waals surface area contributed by atoms with Crippen LogP contribution in [0.4, 0.5) is 4.39 Å². The number of aromatic nitrogens is 2. The van der Waals surface area contributed by atoms with Crippen LogP contribution in [0, 0.1) is 12.7 Å². The van der Waals surface area contributed by atoms with Crippen LogP contribution in [-0.4, -0.2) is 15.9 Å². The second-order valence-corrected chi connectivity index (χ2v) is 6.10. The molecular formula is C20H19FN2O. The Bertz CT molecular complexity index is 921. The highest BCUT2D eigenvalue weighted by Gasteiger charge is 2.18. The Hall–Kier alpha value is -2.75. The van der Waals surface area contributed by atoms with Crippen LogP contribution in [-0.2, 0) is 4.79 Å². The molecule has 0 aliphatic heterocycles. The number of halogens is 1. The Kier molecular flexibility index (Phi) is 4.30. The number of nitrogens with zero attached hydrogens (tertiary/aromatic N) is 2. The lowest BCUT2D eigenvalue weighted by Gasteiger charge is -2.17. The van der Waals surface area contributed by atoms with Crippen molar-refractivity contribution in [3.05, 3.63) is 65.1 Å². The van der Waals surface area contributed by atoms with Crippen molar-refractivity contribution in [3.63, 3.8) is 0 Å². The molecule has 0 saturated carbocycles. The summed E-state index contributed by atoms with van der Waals surface area (Å²) >= 11 is 0. The van der Waals surface area contributed by atoms with E-state index in [1.54, 1.807) is 18.2 Å². The molecule has 3 rings (SSSR count). The summed E-state index contributed by atoms with van der Waals surface area (Å²) in [4.78, 5) is 10.9. The van der Waals surface area contributed by atoms with Crippen LogP contribution in [0.2, 0.25) is 0 Å². The maximum Gasteiger partial charge on any atom is 0.142 e. The fourth-order valence-corrected chi connectivity index (χ4v) is 3.02. The van der Waals surface area contributed by atoms with Gasteiger partial charge >= 0.3 is 0 Å². The molecule has 0 aliphatic rings. The quantitative estimate of drug-likeness (QED) is 0.511. The molecule has 0 amide bonds. The minimum absolute atomic E-state index is 0.246. The van der Waals surface area contributed by atoms with Gasteiger partial charge in [-0.05, 0) is 67.0 Å². The molecule has 0 bridgehead atoms. The van der Waals surface area contributed by atoms with Crippen LogP contribution in [0.25, 0.3) is 22.9 Å². The van der Waals surface area contributed by atoms with E-state index < -0.39 is 0 Å². The predicted molar refractivity (Wildman–Crippen MR) is 94.5 cm³/mol. The maximum absolute atomic E-state index is 13.3. The van der Waals surface area contributed by atoms with Crippen molar-refractivity contribution in [2.24, 2.45) is 0 Å². The molecule has 3 nitrogen and oxygen atoms in total. The van der Waals surface area contributed by atoms with Crippen LogP contribution >= 0.6 is 0 Å². The number of hydrogen-bond acceptors (Lipinski definition) is 2. The van der Waals surface area contributed by atoms with E-state index in [0.29, 0.717) is 0 Å². The molecule has 24 heavy (non-hydrogen) atoms. The normalized spacial score (nSPS) is 11.7. The second kappa shape index (κ2) is 6.40. The molecule has 0 N–H and O–H groups in total. The summed E-state index contributed by atoms with van der Waals surface area (Å²) in [7, 11) is 0. The van der Waals surface area contributed by atoms with Gasteiger partial charge in [-0.2, -0.15) is 5.10 Å². The first-order chi connectivity index (χ1) is 11.5.